The quantitative estimate of drug-likeness (QED) is 0.689. The van der Waals surface area contributed by atoms with Crippen molar-refractivity contribution in [1.29, 1.82) is 0 Å². The number of ketones is 2. The molecule has 1 saturated heterocycles. The highest BCUT2D eigenvalue weighted by Crippen LogP contribution is 2.27. The Morgan fingerprint density at radius 2 is 1.89 bits per heavy atom. The molecule has 1 heterocycles. The van der Waals surface area contributed by atoms with E-state index in [-0.39, 0.29) is 24.4 Å². The summed E-state index contributed by atoms with van der Waals surface area (Å²) in [4.78, 5) is 23.4. The number of hydrogen-bond donors (Lipinski definition) is 0. The van der Waals surface area contributed by atoms with Crippen LogP contribution in [0.3, 0.4) is 0 Å². The fourth-order valence-corrected chi connectivity index (χ4v) is 1.86. The number of methoxy groups -OCH3 is 1. The molecule has 0 radical (unpaired) electrons. The van der Waals surface area contributed by atoms with E-state index in [1.54, 1.807) is 13.8 Å². The summed E-state index contributed by atoms with van der Waals surface area (Å²) in [5.41, 5.74) is -0.665. The minimum atomic E-state index is -0.665. The molecule has 0 N–H and O–H groups in total. The molecule has 0 spiro atoms. The summed E-state index contributed by atoms with van der Waals surface area (Å²) >= 11 is 0. The average Bonchev–Trinajstić information content (AvgIpc) is 2.78. The summed E-state index contributed by atoms with van der Waals surface area (Å²) in [6.45, 7) is 6.16. The van der Waals surface area contributed by atoms with Gasteiger partial charge in [-0.2, -0.15) is 0 Å². The van der Waals surface area contributed by atoms with Crippen molar-refractivity contribution in [3.63, 3.8) is 0 Å². The molecule has 18 heavy (non-hydrogen) atoms. The second-order valence-corrected chi connectivity index (χ2v) is 5.12. The van der Waals surface area contributed by atoms with Crippen LogP contribution < -0.4 is 0 Å². The van der Waals surface area contributed by atoms with Crippen molar-refractivity contribution in [3.8, 4) is 0 Å². The van der Waals surface area contributed by atoms with Crippen molar-refractivity contribution < 1.29 is 23.8 Å². The summed E-state index contributed by atoms with van der Waals surface area (Å²) < 4.78 is 15.7. The molecule has 0 aromatic carbocycles. The van der Waals surface area contributed by atoms with Crippen molar-refractivity contribution in [3.05, 3.63) is 0 Å². The number of carbonyl (C=O) groups is 2. The van der Waals surface area contributed by atoms with Gasteiger partial charge in [0.25, 0.3) is 0 Å². The lowest BCUT2D eigenvalue weighted by molar-refractivity contribution is -0.138. The zero-order valence-corrected chi connectivity index (χ0v) is 11.5. The van der Waals surface area contributed by atoms with Crippen molar-refractivity contribution >= 4 is 11.6 Å². The van der Waals surface area contributed by atoms with Crippen molar-refractivity contribution in [2.45, 2.75) is 46.0 Å². The topological polar surface area (TPSA) is 61.8 Å². The molecule has 0 aromatic rings. The van der Waals surface area contributed by atoms with Crippen LogP contribution in [0, 0.1) is 5.41 Å². The zero-order valence-electron chi connectivity index (χ0n) is 11.5. The number of carbonyl (C=O) groups excluding carboxylic acids is 2. The third kappa shape index (κ3) is 3.86. The second-order valence-electron chi connectivity index (χ2n) is 5.12. The fraction of sp³-hybridized carbons (Fsp3) is 0.846. The van der Waals surface area contributed by atoms with E-state index in [9.17, 15) is 9.59 Å². The smallest absolute Gasteiger partial charge is 0.164 e. The summed E-state index contributed by atoms with van der Waals surface area (Å²) in [7, 11) is 1.52. The molecule has 0 bridgehead atoms. The molecule has 1 atom stereocenters. The highest BCUT2D eigenvalue weighted by atomic mass is 16.7. The summed E-state index contributed by atoms with van der Waals surface area (Å²) in [6.07, 6.45) is -0.431. The standard InChI is InChI=1S/C13H22O5/c1-9(14)13(2,3)11(16-4)7-10(15)8-12-17-5-6-18-12/h11-12H,5-8H2,1-4H3. The Bertz CT molecular complexity index is 305. The zero-order chi connectivity index (χ0) is 13.8. The first-order valence-corrected chi connectivity index (χ1v) is 6.16. The van der Waals surface area contributed by atoms with Crippen molar-refractivity contribution in [1.82, 2.24) is 0 Å². The van der Waals surface area contributed by atoms with Crippen LogP contribution in [0.15, 0.2) is 0 Å². The van der Waals surface area contributed by atoms with Gasteiger partial charge in [0.1, 0.15) is 11.6 Å². The van der Waals surface area contributed by atoms with Gasteiger partial charge in [0.15, 0.2) is 6.29 Å². The van der Waals surface area contributed by atoms with Crippen LogP contribution in [-0.4, -0.2) is 44.3 Å². The van der Waals surface area contributed by atoms with Gasteiger partial charge < -0.3 is 14.2 Å². The van der Waals surface area contributed by atoms with Gasteiger partial charge >= 0.3 is 0 Å². The van der Waals surface area contributed by atoms with E-state index < -0.39 is 17.8 Å². The molecule has 5 nitrogen and oxygen atoms in total. The largest absolute Gasteiger partial charge is 0.380 e. The molecule has 1 aliphatic rings. The minimum absolute atomic E-state index is 0.00974. The highest BCUT2D eigenvalue weighted by Gasteiger charge is 2.36. The predicted molar refractivity (Wildman–Crippen MR) is 65.2 cm³/mol. The van der Waals surface area contributed by atoms with Gasteiger partial charge in [0.05, 0.1) is 25.7 Å². The Balaban J connectivity index is 2.51. The molecule has 0 aliphatic carbocycles. The molecule has 1 unspecified atom stereocenters. The first-order chi connectivity index (χ1) is 8.37. The number of rotatable bonds is 7. The van der Waals surface area contributed by atoms with Gasteiger partial charge in [-0.15, -0.1) is 0 Å². The van der Waals surface area contributed by atoms with Crippen LogP contribution in [0.4, 0.5) is 0 Å². The van der Waals surface area contributed by atoms with Crippen LogP contribution in [0.5, 0.6) is 0 Å². The first kappa shape index (κ1) is 15.3. The van der Waals surface area contributed by atoms with E-state index in [1.165, 1.54) is 14.0 Å². The highest BCUT2D eigenvalue weighted by molar-refractivity contribution is 5.84. The van der Waals surface area contributed by atoms with Crippen LogP contribution in [-0.2, 0) is 23.8 Å². The van der Waals surface area contributed by atoms with Gasteiger partial charge in [-0.25, -0.2) is 0 Å². The Morgan fingerprint density at radius 1 is 1.33 bits per heavy atom. The van der Waals surface area contributed by atoms with E-state index in [0.29, 0.717) is 13.2 Å². The fourth-order valence-electron chi connectivity index (χ4n) is 1.86. The SMILES string of the molecule is COC(CC(=O)CC1OCCO1)C(C)(C)C(C)=O. The van der Waals surface area contributed by atoms with Crippen LogP contribution in [0.2, 0.25) is 0 Å². The van der Waals surface area contributed by atoms with Crippen molar-refractivity contribution in [2.75, 3.05) is 20.3 Å². The van der Waals surface area contributed by atoms with Gasteiger partial charge in [-0.1, -0.05) is 13.8 Å². The van der Waals surface area contributed by atoms with E-state index in [1.807, 2.05) is 0 Å². The lowest BCUT2D eigenvalue weighted by atomic mass is 9.80. The molecule has 0 saturated carbocycles. The normalized spacial score (nSPS) is 18.9. The van der Waals surface area contributed by atoms with E-state index >= 15 is 0 Å². The third-order valence-electron chi connectivity index (χ3n) is 3.50. The molecule has 1 fully saturated rings. The van der Waals surface area contributed by atoms with Crippen molar-refractivity contribution in [2.24, 2.45) is 5.41 Å². The minimum Gasteiger partial charge on any atom is -0.380 e. The second kappa shape index (κ2) is 6.41. The molecular formula is C13H22O5. The Kier molecular flexibility index (Phi) is 5.44. The molecule has 0 amide bonds. The number of hydrogen-bond acceptors (Lipinski definition) is 5. The summed E-state index contributed by atoms with van der Waals surface area (Å²) in [6, 6.07) is 0. The van der Waals surface area contributed by atoms with E-state index in [4.69, 9.17) is 14.2 Å². The Hall–Kier alpha value is -0.780. The number of ether oxygens (including phenoxy) is 3. The maximum atomic E-state index is 11.9. The maximum Gasteiger partial charge on any atom is 0.164 e. The lowest BCUT2D eigenvalue weighted by Crippen LogP contribution is -2.39. The monoisotopic (exact) mass is 258 g/mol. The molecule has 104 valence electrons. The molecule has 1 rings (SSSR count). The summed E-state index contributed by atoms with van der Waals surface area (Å²) in [5, 5.41) is 0. The van der Waals surface area contributed by atoms with Gasteiger partial charge in [-0.3, -0.25) is 9.59 Å². The van der Waals surface area contributed by atoms with Crippen LogP contribution in [0.25, 0.3) is 0 Å². The van der Waals surface area contributed by atoms with E-state index in [2.05, 4.69) is 0 Å². The third-order valence-corrected chi connectivity index (χ3v) is 3.50. The Labute approximate surface area is 108 Å². The Morgan fingerprint density at radius 3 is 2.33 bits per heavy atom. The molecular weight excluding hydrogens is 236 g/mol. The van der Waals surface area contributed by atoms with Crippen LogP contribution in [0.1, 0.15) is 33.6 Å². The van der Waals surface area contributed by atoms with Crippen LogP contribution >= 0.6 is 0 Å². The maximum absolute atomic E-state index is 11.9. The lowest BCUT2D eigenvalue weighted by Gasteiger charge is -2.30. The van der Waals surface area contributed by atoms with E-state index in [0.717, 1.165) is 0 Å². The molecule has 1 aliphatic heterocycles. The number of Topliss-reactive ketones (excluding diaryl/α,β-unsaturated/α-hetero) is 2. The van der Waals surface area contributed by atoms with Gasteiger partial charge in [-0.05, 0) is 6.92 Å². The van der Waals surface area contributed by atoms with Gasteiger partial charge in [0.2, 0.25) is 0 Å². The molecule has 5 heteroatoms. The van der Waals surface area contributed by atoms with Gasteiger partial charge in [0, 0.05) is 18.9 Å². The summed E-state index contributed by atoms with van der Waals surface area (Å²) in [5.74, 6) is -0.00130. The first-order valence-electron chi connectivity index (χ1n) is 6.16. The molecule has 0 aromatic heterocycles. The predicted octanol–water partition coefficient (Wildman–Crippen LogP) is 1.34. The average molecular weight is 258 g/mol.